The molecule has 4 rings (SSSR count). The molecule has 3 heterocycles. The van der Waals surface area contributed by atoms with Gasteiger partial charge in [0, 0.05) is 50.4 Å². The van der Waals surface area contributed by atoms with Crippen LogP contribution in [-0.4, -0.2) is 66.6 Å². The van der Waals surface area contributed by atoms with E-state index in [9.17, 15) is 4.79 Å². The van der Waals surface area contributed by atoms with E-state index in [1.165, 1.54) is 0 Å². The number of hydrogen-bond donors (Lipinski definition) is 1. The summed E-state index contributed by atoms with van der Waals surface area (Å²) in [7, 11) is 0. The highest BCUT2D eigenvalue weighted by Crippen LogP contribution is 2.32. The van der Waals surface area contributed by atoms with Gasteiger partial charge in [-0.2, -0.15) is 0 Å². The molecule has 6 heteroatoms. The number of fused-ring (bicyclic) bond motifs is 1. The average molecular weight is 368 g/mol. The third kappa shape index (κ3) is 4.22. The number of piperidine rings is 1. The Balaban J connectivity index is 1.33. The molecule has 1 amide bonds. The quantitative estimate of drug-likeness (QED) is 0.896. The fraction of sp³-hybridized carbons (Fsp3) is 0.524. The van der Waals surface area contributed by atoms with Gasteiger partial charge in [0.25, 0.3) is 0 Å². The Morgan fingerprint density at radius 2 is 1.89 bits per heavy atom. The summed E-state index contributed by atoms with van der Waals surface area (Å²) < 4.78 is 5.36. The molecule has 6 nitrogen and oxygen atoms in total. The topological polar surface area (TPSA) is 71.7 Å². The fourth-order valence-electron chi connectivity index (χ4n) is 4.11. The highest BCUT2D eigenvalue weighted by atomic mass is 16.5. The van der Waals surface area contributed by atoms with Gasteiger partial charge in [-0.1, -0.05) is 18.2 Å². The zero-order valence-corrected chi connectivity index (χ0v) is 15.8. The van der Waals surface area contributed by atoms with Gasteiger partial charge in [-0.05, 0) is 25.0 Å². The Bertz CT molecular complexity index is 796. The van der Waals surface area contributed by atoms with E-state index in [2.05, 4.69) is 4.90 Å². The summed E-state index contributed by atoms with van der Waals surface area (Å²) in [6.07, 6.45) is 2.46. The van der Waals surface area contributed by atoms with Crippen molar-refractivity contribution in [2.24, 2.45) is 0 Å². The molecule has 0 aliphatic carbocycles. The molecular formula is C21H28N4O2. The van der Waals surface area contributed by atoms with Crippen molar-refractivity contribution in [1.29, 1.82) is 0 Å². The van der Waals surface area contributed by atoms with Crippen LogP contribution in [0.4, 0.5) is 5.69 Å². The van der Waals surface area contributed by atoms with Gasteiger partial charge in [0.05, 0.1) is 30.1 Å². The number of anilines is 1. The van der Waals surface area contributed by atoms with Crippen LogP contribution < -0.4 is 5.73 Å². The number of amides is 1. The maximum absolute atomic E-state index is 12.6. The third-order valence-electron chi connectivity index (χ3n) is 5.76. The molecule has 2 N–H and O–H groups in total. The second-order valence-electron chi connectivity index (χ2n) is 7.51. The van der Waals surface area contributed by atoms with Crippen LogP contribution in [0.2, 0.25) is 0 Å². The summed E-state index contributed by atoms with van der Waals surface area (Å²) in [5, 5.41) is 1.08. The molecule has 2 aliphatic rings. The maximum atomic E-state index is 12.6. The lowest BCUT2D eigenvalue weighted by Crippen LogP contribution is -2.42. The van der Waals surface area contributed by atoms with Crippen molar-refractivity contribution in [2.75, 3.05) is 51.7 Å². The van der Waals surface area contributed by atoms with Crippen LogP contribution >= 0.6 is 0 Å². The second kappa shape index (κ2) is 8.23. The minimum atomic E-state index is 0.263. The van der Waals surface area contributed by atoms with E-state index in [-0.39, 0.29) is 5.91 Å². The van der Waals surface area contributed by atoms with Crippen molar-refractivity contribution in [3.05, 3.63) is 36.0 Å². The average Bonchev–Trinajstić information content (AvgIpc) is 2.72. The number of nitrogen functional groups attached to an aromatic ring is 1. The fourth-order valence-corrected chi connectivity index (χ4v) is 4.11. The Morgan fingerprint density at radius 3 is 2.67 bits per heavy atom. The number of ether oxygens (including phenoxy) is 1. The lowest BCUT2D eigenvalue weighted by Gasteiger charge is -2.33. The number of nitrogens with zero attached hydrogens (tertiary/aromatic N) is 3. The maximum Gasteiger partial charge on any atom is 0.223 e. The number of morpholine rings is 1. The Kier molecular flexibility index (Phi) is 5.55. The number of benzene rings is 1. The molecule has 1 aromatic heterocycles. The van der Waals surface area contributed by atoms with Gasteiger partial charge in [0.1, 0.15) is 0 Å². The first-order chi connectivity index (χ1) is 13.2. The van der Waals surface area contributed by atoms with Gasteiger partial charge >= 0.3 is 0 Å². The first-order valence-corrected chi connectivity index (χ1v) is 9.94. The van der Waals surface area contributed by atoms with Gasteiger partial charge in [-0.15, -0.1) is 0 Å². The molecule has 27 heavy (non-hydrogen) atoms. The minimum absolute atomic E-state index is 0.263. The van der Waals surface area contributed by atoms with Crippen LogP contribution in [0.1, 0.15) is 30.9 Å². The zero-order chi connectivity index (χ0) is 18.6. The number of pyridine rings is 1. The lowest BCUT2D eigenvalue weighted by atomic mass is 9.91. The standard InChI is InChI=1S/C21H28N4O2/c22-18-15-17-3-1-2-4-19(17)23-21(18)16-5-9-25(10-6-16)20(26)7-8-24-11-13-27-14-12-24/h1-4,15-16H,5-14,22H2. The van der Waals surface area contributed by atoms with Crippen LogP contribution in [-0.2, 0) is 9.53 Å². The molecule has 2 aliphatic heterocycles. The molecule has 2 saturated heterocycles. The minimum Gasteiger partial charge on any atom is -0.397 e. The molecule has 144 valence electrons. The van der Waals surface area contributed by atoms with Crippen molar-refractivity contribution < 1.29 is 9.53 Å². The third-order valence-corrected chi connectivity index (χ3v) is 5.76. The number of nitrogens with two attached hydrogens (primary N) is 1. The summed E-state index contributed by atoms with van der Waals surface area (Å²) in [4.78, 5) is 21.7. The monoisotopic (exact) mass is 368 g/mol. The summed E-state index contributed by atoms with van der Waals surface area (Å²) in [6.45, 7) is 5.84. The van der Waals surface area contributed by atoms with Crippen molar-refractivity contribution >= 4 is 22.5 Å². The zero-order valence-electron chi connectivity index (χ0n) is 15.8. The molecule has 0 unspecified atom stereocenters. The van der Waals surface area contributed by atoms with E-state index >= 15 is 0 Å². The normalized spacial score (nSPS) is 19.5. The molecular weight excluding hydrogens is 340 g/mol. The van der Waals surface area contributed by atoms with Gasteiger partial charge in [0.15, 0.2) is 0 Å². The van der Waals surface area contributed by atoms with E-state index in [1.54, 1.807) is 0 Å². The second-order valence-corrected chi connectivity index (χ2v) is 7.51. The molecule has 2 aromatic rings. The molecule has 0 bridgehead atoms. The molecule has 1 aromatic carbocycles. The Morgan fingerprint density at radius 1 is 1.15 bits per heavy atom. The first-order valence-electron chi connectivity index (χ1n) is 9.94. The van der Waals surface area contributed by atoms with Crippen LogP contribution in [0.3, 0.4) is 0 Å². The number of para-hydroxylation sites is 1. The number of rotatable bonds is 4. The van der Waals surface area contributed by atoms with Crippen molar-refractivity contribution in [3.63, 3.8) is 0 Å². The summed E-state index contributed by atoms with van der Waals surface area (Å²) in [6, 6.07) is 10.1. The number of carbonyl (C=O) groups is 1. The highest BCUT2D eigenvalue weighted by molar-refractivity contribution is 5.82. The SMILES string of the molecule is Nc1cc2ccccc2nc1C1CCN(C(=O)CCN2CCOCC2)CC1. The summed E-state index contributed by atoms with van der Waals surface area (Å²) in [5.74, 6) is 0.595. The summed E-state index contributed by atoms with van der Waals surface area (Å²) >= 11 is 0. The lowest BCUT2D eigenvalue weighted by molar-refractivity contribution is -0.132. The number of carbonyl (C=O) groups excluding carboxylic acids is 1. The molecule has 2 fully saturated rings. The Hall–Kier alpha value is -2.18. The van der Waals surface area contributed by atoms with Crippen LogP contribution in [0.5, 0.6) is 0 Å². The molecule has 0 saturated carbocycles. The summed E-state index contributed by atoms with van der Waals surface area (Å²) in [5.41, 5.74) is 9.04. The van der Waals surface area contributed by atoms with Gasteiger partial charge in [-0.3, -0.25) is 14.7 Å². The van der Waals surface area contributed by atoms with E-state index in [1.807, 2.05) is 35.2 Å². The molecule has 0 spiro atoms. The van der Waals surface area contributed by atoms with Crippen molar-refractivity contribution in [1.82, 2.24) is 14.8 Å². The number of hydrogen-bond acceptors (Lipinski definition) is 5. The molecule has 0 radical (unpaired) electrons. The van der Waals surface area contributed by atoms with Crippen molar-refractivity contribution in [3.8, 4) is 0 Å². The Labute approximate surface area is 160 Å². The van der Waals surface area contributed by atoms with E-state index < -0.39 is 0 Å². The number of aromatic nitrogens is 1. The highest BCUT2D eigenvalue weighted by Gasteiger charge is 2.26. The van der Waals surface area contributed by atoms with Gasteiger partial charge < -0.3 is 15.4 Å². The molecule has 0 atom stereocenters. The van der Waals surface area contributed by atoms with Crippen LogP contribution in [0.25, 0.3) is 10.9 Å². The number of likely N-dealkylation sites (tertiary alicyclic amines) is 1. The van der Waals surface area contributed by atoms with E-state index in [0.717, 1.165) is 81.1 Å². The largest absolute Gasteiger partial charge is 0.397 e. The van der Waals surface area contributed by atoms with Crippen LogP contribution in [0, 0.1) is 0 Å². The predicted molar refractivity (Wildman–Crippen MR) is 107 cm³/mol. The predicted octanol–water partition coefficient (Wildman–Crippen LogP) is 2.25. The van der Waals surface area contributed by atoms with Crippen LogP contribution in [0.15, 0.2) is 30.3 Å². The first kappa shape index (κ1) is 18.2. The van der Waals surface area contributed by atoms with E-state index in [4.69, 9.17) is 15.5 Å². The van der Waals surface area contributed by atoms with Gasteiger partial charge in [0.2, 0.25) is 5.91 Å². The van der Waals surface area contributed by atoms with Crippen molar-refractivity contribution in [2.45, 2.75) is 25.2 Å². The van der Waals surface area contributed by atoms with Gasteiger partial charge in [-0.25, -0.2) is 0 Å². The smallest absolute Gasteiger partial charge is 0.223 e. The van der Waals surface area contributed by atoms with E-state index in [0.29, 0.717) is 12.3 Å².